The largest absolute Gasteiger partial charge is 0.368 e. The van der Waals surface area contributed by atoms with Gasteiger partial charge in [-0.3, -0.25) is 0 Å². The van der Waals surface area contributed by atoms with Gasteiger partial charge in [-0.1, -0.05) is 6.92 Å². The maximum atomic E-state index is 9.29. The van der Waals surface area contributed by atoms with Crippen molar-refractivity contribution in [2.24, 2.45) is 5.92 Å². The molecule has 2 aliphatic heterocycles. The Morgan fingerprint density at radius 2 is 1.92 bits per heavy atom. The van der Waals surface area contributed by atoms with Crippen LogP contribution in [0.3, 0.4) is 0 Å². The third-order valence-corrected chi connectivity index (χ3v) is 2.33. The molecular formula is C8H14O4. The Labute approximate surface area is 71.4 Å². The Bertz CT molecular complexity index is 191. The Hall–Kier alpha value is -0.160. The minimum atomic E-state index is -0.754. The molecule has 4 heteroatoms. The SMILES string of the molecule is C[C@H]1C2OC(C)(C)O[C@H]2O[C@@H]1O. The molecular weight excluding hydrogens is 160 g/mol. The molecule has 4 nitrogen and oxygen atoms in total. The van der Waals surface area contributed by atoms with E-state index in [4.69, 9.17) is 14.2 Å². The van der Waals surface area contributed by atoms with E-state index in [1.807, 2.05) is 20.8 Å². The first-order valence-corrected chi connectivity index (χ1v) is 4.19. The van der Waals surface area contributed by atoms with E-state index >= 15 is 0 Å². The van der Waals surface area contributed by atoms with Gasteiger partial charge in [0.25, 0.3) is 0 Å². The van der Waals surface area contributed by atoms with E-state index in [2.05, 4.69) is 0 Å². The third-order valence-electron chi connectivity index (χ3n) is 2.33. The van der Waals surface area contributed by atoms with Crippen LogP contribution in [0.5, 0.6) is 0 Å². The smallest absolute Gasteiger partial charge is 0.190 e. The molecule has 4 atom stereocenters. The molecule has 70 valence electrons. The average molecular weight is 174 g/mol. The van der Waals surface area contributed by atoms with Gasteiger partial charge in [0.2, 0.25) is 0 Å². The van der Waals surface area contributed by atoms with Gasteiger partial charge in [0.05, 0.1) is 0 Å². The number of fused-ring (bicyclic) bond motifs is 1. The predicted octanol–water partition coefficient (Wildman–Crippen LogP) is 0.449. The van der Waals surface area contributed by atoms with Crippen LogP contribution in [0.2, 0.25) is 0 Å². The minimum Gasteiger partial charge on any atom is -0.368 e. The van der Waals surface area contributed by atoms with Crippen LogP contribution in [0.25, 0.3) is 0 Å². The van der Waals surface area contributed by atoms with Crippen molar-refractivity contribution in [2.45, 2.75) is 45.2 Å². The van der Waals surface area contributed by atoms with Gasteiger partial charge in [0.15, 0.2) is 18.4 Å². The highest BCUT2D eigenvalue weighted by Crippen LogP contribution is 2.39. The molecule has 2 saturated heterocycles. The minimum absolute atomic E-state index is 0.0169. The monoisotopic (exact) mass is 174 g/mol. The van der Waals surface area contributed by atoms with Crippen molar-refractivity contribution in [1.82, 2.24) is 0 Å². The Morgan fingerprint density at radius 3 is 2.50 bits per heavy atom. The first kappa shape index (κ1) is 8.44. The summed E-state index contributed by atoms with van der Waals surface area (Å²) in [6, 6.07) is 0. The van der Waals surface area contributed by atoms with Crippen molar-refractivity contribution in [3.63, 3.8) is 0 Å². The second-order valence-electron chi connectivity index (χ2n) is 3.85. The molecule has 1 N–H and O–H groups in total. The summed E-state index contributed by atoms with van der Waals surface area (Å²) < 4.78 is 16.1. The molecule has 0 spiro atoms. The van der Waals surface area contributed by atoms with Gasteiger partial charge < -0.3 is 19.3 Å². The molecule has 0 aromatic heterocycles. The van der Waals surface area contributed by atoms with E-state index < -0.39 is 18.4 Å². The Kier molecular flexibility index (Phi) is 1.70. The molecule has 0 aliphatic carbocycles. The van der Waals surface area contributed by atoms with Crippen LogP contribution in [0, 0.1) is 5.92 Å². The molecule has 0 radical (unpaired) electrons. The van der Waals surface area contributed by atoms with Crippen molar-refractivity contribution < 1.29 is 19.3 Å². The molecule has 2 fully saturated rings. The highest BCUT2D eigenvalue weighted by atomic mass is 16.8. The van der Waals surface area contributed by atoms with Gasteiger partial charge in [-0.2, -0.15) is 0 Å². The highest BCUT2D eigenvalue weighted by molar-refractivity contribution is 4.86. The second-order valence-corrected chi connectivity index (χ2v) is 3.85. The van der Waals surface area contributed by atoms with Gasteiger partial charge in [-0.05, 0) is 13.8 Å². The number of aliphatic hydroxyl groups is 1. The number of hydrogen-bond acceptors (Lipinski definition) is 4. The molecule has 1 unspecified atom stereocenters. The Morgan fingerprint density at radius 1 is 1.25 bits per heavy atom. The van der Waals surface area contributed by atoms with Crippen molar-refractivity contribution >= 4 is 0 Å². The quantitative estimate of drug-likeness (QED) is 0.579. The summed E-state index contributed by atoms with van der Waals surface area (Å²) in [7, 11) is 0. The van der Waals surface area contributed by atoms with Crippen LogP contribution >= 0.6 is 0 Å². The molecule has 0 aromatic rings. The van der Waals surface area contributed by atoms with Crippen LogP contribution in [-0.4, -0.2) is 29.6 Å². The number of hydrogen-bond donors (Lipinski definition) is 1. The first-order chi connectivity index (χ1) is 5.49. The van der Waals surface area contributed by atoms with E-state index in [1.54, 1.807) is 0 Å². The fourth-order valence-electron chi connectivity index (χ4n) is 1.64. The van der Waals surface area contributed by atoms with Crippen LogP contribution in [0.15, 0.2) is 0 Å². The maximum Gasteiger partial charge on any atom is 0.190 e. The summed E-state index contributed by atoms with van der Waals surface area (Å²) in [6.45, 7) is 5.57. The summed E-state index contributed by atoms with van der Waals surface area (Å²) in [5.74, 6) is -0.597. The summed E-state index contributed by atoms with van der Waals surface area (Å²) in [6.07, 6.45) is -1.28. The average Bonchev–Trinajstić information content (AvgIpc) is 2.33. The van der Waals surface area contributed by atoms with E-state index in [1.165, 1.54) is 0 Å². The topological polar surface area (TPSA) is 47.9 Å². The predicted molar refractivity (Wildman–Crippen MR) is 40.1 cm³/mol. The zero-order valence-corrected chi connectivity index (χ0v) is 7.48. The molecule has 12 heavy (non-hydrogen) atoms. The number of ether oxygens (including phenoxy) is 3. The molecule has 0 saturated carbocycles. The standard InChI is InChI=1S/C8H14O4/c1-4-5-7(10-6(4)9)12-8(2,3)11-5/h4-7,9H,1-3H3/t4-,5?,6-,7+/m0/s1. The van der Waals surface area contributed by atoms with E-state index in [9.17, 15) is 5.11 Å². The van der Waals surface area contributed by atoms with Gasteiger partial charge >= 0.3 is 0 Å². The lowest BCUT2D eigenvalue weighted by atomic mass is 10.1. The maximum absolute atomic E-state index is 9.29. The first-order valence-electron chi connectivity index (χ1n) is 4.19. The molecule has 0 amide bonds. The van der Waals surface area contributed by atoms with E-state index in [0.717, 1.165) is 0 Å². The van der Waals surface area contributed by atoms with Crippen molar-refractivity contribution in [2.75, 3.05) is 0 Å². The molecule has 2 heterocycles. The Balaban J connectivity index is 2.11. The zero-order chi connectivity index (χ0) is 8.93. The van der Waals surface area contributed by atoms with Crippen LogP contribution in [0.4, 0.5) is 0 Å². The van der Waals surface area contributed by atoms with E-state index in [0.29, 0.717) is 0 Å². The van der Waals surface area contributed by atoms with Crippen molar-refractivity contribution in [1.29, 1.82) is 0 Å². The van der Waals surface area contributed by atoms with Gasteiger partial charge in [-0.15, -0.1) is 0 Å². The summed E-state index contributed by atoms with van der Waals surface area (Å²) in [5, 5.41) is 9.29. The van der Waals surface area contributed by atoms with Crippen LogP contribution in [0.1, 0.15) is 20.8 Å². The molecule has 2 rings (SSSR count). The molecule has 2 aliphatic rings. The van der Waals surface area contributed by atoms with Crippen molar-refractivity contribution in [3.05, 3.63) is 0 Å². The number of rotatable bonds is 0. The van der Waals surface area contributed by atoms with Crippen LogP contribution < -0.4 is 0 Å². The summed E-state index contributed by atoms with van der Waals surface area (Å²) in [4.78, 5) is 0. The fraction of sp³-hybridized carbons (Fsp3) is 1.00. The second kappa shape index (κ2) is 2.42. The van der Waals surface area contributed by atoms with Gasteiger partial charge in [-0.25, -0.2) is 0 Å². The lowest BCUT2D eigenvalue weighted by Crippen LogP contribution is -2.28. The third kappa shape index (κ3) is 1.15. The van der Waals surface area contributed by atoms with E-state index in [-0.39, 0.29) is 12.0 Å². The summed E-state index contributed by atoms with van der Waals surface area (Å²) in [5.41, 5.74) is 0. The van der Waals surface area contributed by atoms with Gasteiger partial charge in [0, 0.05) is 5.92 Å². The van der Waals surface area contributed by atoms with Crippen molar-refractivity contribution in [3.8, 4) is 0 Å². The molecule has 0 bridgehead atoms. The lowest BCUT2D eigenvalue weighted by molar-refractivity contribution is -0.241. The summed E-state index contributed by atoms with van der Waals surface area (Å²) >= 11 is 0. The molecule has 0 aromatic carbocycles. The lowest BCUT2D eigenvalue weighted by Gasteiger charge is -2.20. The number of aliphatic hydroxyl groups excluding tert-OH is 1. The highest BCUT2D eigenvalue weighted by Gasteiger charge is 2.52. The zero-order valence-electron chi connectivity index (χ0n) is 7.48. The van der Waals surface area contributed by atoms with Crippen LogP contribution in [-0.2, 0) is 14.2 Å². The normalized spacial score (nSPS) is 51.0. The van der Waals surface area contributed by atoms with Gasteiger partial charge in [0.1, 0.15) is 6.10 Å². The fourth-order valence-corrected chi connectivity index (χ4v) is 1.64.